The Balaban J connectivity index is 0.958. The predicted molar refractivity (Wildman–Crippen MR) is 326 cm³/mol. The topological polar surface area (TPSA) is 0 Å². The third-order valence-electron chi connectivity index (χ3n) is 18.0. The molecule has 0 fully saturated rings. The van der Waals surface area contributed by atoms with Gasteiger partial charge in [-0.3, -0.25) is 0 Å². The summed E-state index contributed by atoms with van der Waals surface area (Å²) in [5.74, 6) is 0. The van der Waals surface area contributed by atoms with Gasteiger partial charge in [0.2, 0.25) is 0 Å². The summed E-state index contributed by atoms with van der Waals surface area (Å²) in [6, 6.07) is 92.4. The average molecular weight is 965 g/mol. The molecule has 0 amide bonds. The van der Waals surface area contributed by atoms with Crippen LogP contribution in [0, 0.1) is 0 Å². The minimum absolute atomic E-state index is 0.103. The van der Waals surface area contributed by atoms with Crippen LogP contribution in [0.15, 0.2) is 243 Å². The number of hydrogen-bond acceptors (Lipinski definition) is 0. The van der Waals surface area contributed by atoms with Crippen LogP contribution in [0.25, 0.3) is 142 Å². The van der Waals surface area contributed by atoms with Crippen molar-refractivity contribution in [2.45, 2.75) is 38.5 Å². The molecule has 0 saturated heterocycles. The Morgan fingerprint density at radius 2 is 0.487 bits per heavy atom. The zero-order valence-electron chi connectivity index (χ0n) is 43.1. The van der Waals surface area contributed by atoms with E-state index in [1.807, 2.05) is 0 Å². The summed E-state index contributed by atoms with van der Waals surface area (Å²) >= 11 is 0. The van der Waals surface area contributed by atoms with Crippen molar-refractivity contribution in [2.75, 3.05) is 0 Å². The Hall–Kier alpha value is -9.10. The van der Waals surface area contributed by atoms with E-state index in [0.29, 0.717) is 0 Å². The standard InChI is InChI=1S/C76H52/c1-75(2)66-35-19-17-23-50(66)52-39-37-45(43-68(52)75)70-56-27-9-13-31-60(56)73(61-32-14-10-28-57(61)70)64-41-47-42-65(49-22-6-8-26-55(49)72(47)54-25-7-5-21-48(54)64)74-62-33-15-11-29-58(62)71(59-30-12-16-34-63(59)74)46-38-40-53-51-24-18-20-36-67(51)76(3,4)69(53)44-46/h5-44H,1-4H3. The van der Waals surface area contributed by atoms with Gasteiger partial charge in [-0.2, -0.15) is 0 Å². The monoisotopic (exact) mass is 964 g/mol. The quantitative estimate of drug-likeness (QED) is 0.122. The zero-order chi connectivity index (χ0) is 50.6. The lowest BCUT2D eigenvalue weighted by Gasteiger charge is -2.24. The van der Waals surface area contributed by atoms with Crippen LogP contribution in [-0.2, 0) is 10.8 Å². The second-order valence-electron chi connectivity index (χ2n) is 22.6. The van der Waals surface area contributed by atoms with Crippen LogP contribution in [0.2, 0.25) is 0 Å². The van der Waals surface area contributed by atoms with Gasteiger partial charge in [0.15, 0.2) is 0 Å². The molecule has 16 rings (SSSR count). The number of fused-ring (bicyclic) bond motifs is 15. The minimum Gasteiger partial charge on any atom is -0.0619 e. The molecule has 0 aliphatic heterocycles. The molecule has 0 heteroatoms. The lowest BCUT2D eigenvalue weighted by molar-refractivity contribution is 0.660. The van der Waals surface area contributed by atoms with Crippen molar-refractivity contribution in [3.63, 3.8) is 0 Å². The number of hydrogen-bond donors (Lipinski definition) is 0. The van der Waals surface area contributed by atoms with Crippen molar-refractivity contribution in [2.24, 2.45) is 0 Å². The van der Waals surface area contributed by atoms with Crippen LogP contribution in [0.5, 0.6) is 0 Å². The number of rotatable bonds is 4. The van der Waals surface area contributed by atoms with E-state index in [4.69, 9.17) is 0 Å². The highest BCUT2D eigenvalue weighted by atomic mass is 14.4. The Morgan fingerprint density at radius 3 is 0.842 bits per heavy atom. The molecule has 0 heterocycles. The smallest absolute Gasteiger partial charge is 0.0159 e. The van der Waals surface area contributed by atoms with Gasteiger partial charge in [-0.15, -0.1) is 0 Å². The highest BCUT2D eigenvalue weighted by Gasteiger charge is 2.37. The molecule has 14 aromatic rings. The summed E-state index contributed by atoms with van der Waals surface area (Å²) in [6.45, 7) is 9.54. The van der Waals surface area contributed by atoms with Crippen molar-refractivity contribution >= 4 is 75.4 Å². The summed E-state index contributed by atoms with van der Waals surface area (Å²) in [5.41, 5.74) is 20.9. The fourth-order valence-corrected chi connectivity index (χ4v) is 14.6. The third-order valence-corrected chi connectivity index (χ3v) is 18.0. The van der Waals surface area contributed by atoms with Crippen LogP contribution in [0.4, 0.5) is 0 Å². The predicted octanol–water partition coefficient (Wildman–Crippen LogP) is 21.0. The molecule has 0 nitrogen and oxygen atoms in total. The summed E-state index contributed by atoms with van der Waals surface area (Å²) < 4.78 is 0. The molecule has 0 N–H and O–H groups in total. The van der Waals surface area contributed by atoms with Crippen molar-refractivity contribution in [3.05, 3.63) is 265 Å². The Bertz CT molecular complexity index is 4450. The van der Waals surface area contributed by atoms with Crippen LogP contribution in [0.3, 0.4) is 0 Å². The maximum Gasteiger partial charge on any atom is 0.0159 e. The second kappa shape index (κ2) is 15.7. The molecule has 0 bridgehead atoms. The maximum absolute atomic E-state index is 2.53. The Morgan fingerprint density at radius 1 is 0.211 bits per heavy atom. The minimum atomic E-state index is -0.103. The van der Waals surface area contributed by atoms with E-state index in [-0.39, 0.29) is 10.8 Å². The summed E-state index contributed by atoms with van der Waals surface area (Å²) in [7, 11) is 0. The van der Waals surface area contributed by atoms with Gasteiger partial charge in [0.25, 0.3) is 0 Å². The average Bonchev–Trinajstić information content (AvgIpc) is 3.87. The van der Waals surface area contributed by atoms with Crippen molar-refractivity contribution in [1.29, 1.82) is 0 Å². The van der Waals surface area contributed by atoms with Crippen molar-refractivity contribution < 1.29 is 0 Å². The van der Waals surface area contributed by atoms with Crippen molar-refractivity contribution in [3.8, 4) is 66.8 Å². The highest BCUT2D eigenvalue weighted by Crippen LogP contribution is 2.55. The molecular formula is C76H52. The molecular weight excluding hydrogens is 913 g/mol. The van der Waals surface area contributed by atoms with Gasteiger partial charge in [-0.1, -0.05) is 246 Å². The molecule has 2 aliphatic rings. The van der Waals surface area contributed by atoms with E-state index >= 15 is 0 Å². The van der Waals surface area contributed by atoms with E-state index in [0.717, 1.165) is 0 Å². The second-order valence-corrected chi connectivity index (χ2v) is 22.6. The van der Waals surface area contributed by atoms with Gasteiger partial charge >= 0.3 is 0 Å². The molecule has 0 aromatic heterocycles. The van der Waals surface area contributed by atoms with E-state index in [1.165, 1.54) is 164 Å². The van der Waals surface area contributed by atoms with Gasteiger partial charge in [-0.05, 0) is 189 Å². The van der Waals surface area contributed by atoms with Crippen molar-refractivity contribution in [1.82, 2.24) is 0 Å². The Labute approximate surface area is 443 Å². The van der Waals surface area contributed by atoms with Crippen LogP contribution >= 0.6 is 0 Å². The molecule has 356 valence electrons. The fraction of sp³-hybridized carbons (Fsp3) is 0.0789. The number of benzene rings is 14. The summed E-state index contributed by atoms with van der Waals surface area (Å²) in [4.78, 5) is 0. The lowest BCUT2D eigenvalue weighted by Crippen LogP contribution is -2.14. The molecule has 0 radical (unpaired) electrons. The fourth-order valence-electron chi connectivity index (χ4n) is 14.6. The first-order valence-corrected chi connectivity index (χ1v) is 27.0. The van der Waals surface area contributed by atoms with Gasteiger partial charge in [0.05, 0.1) is 0 Å². The normalized spacial score (nSPS) is 14.0. The maximum atomic E-state index is 2.53. The molecule has 0 unspecified atom stereocenters. The van der Waals surface area contributed by atoms with Crippen LogP contribution in [0.1, 0.15) is 49.9 Å². The lowest BCUT2D eigenvalue weighted by atomic mass is 9.79. The Kier molecular flexibility index (Phi) is 8.96. The molecule has 0 spiro atoms. The van der Waals surface area contributed by atoms with Gasteiger partial charge < -0.3 is 0 Å². The first kappa shape index (κ1) is 43.3. The van der Waals surface area contributed by atoms with Crippen LogP contribution < -0.4 is 0 Å². The van der Waals surface area contributed by atoms with E-state index < -0.39 is 0 Å². The molecule has 2 aliphatic carbocycles. The van der Waals surface area contributed by atoms with Gasteiger partial charge in [-0.25, -0.2) is 0 Å². The largest absolute Gasteiger partial charge is 0.0619 e. The highest BCUT2D eigenvalue weighted by molar-refractivity contribution is 6.32. The van der Waals surface area contributed by atoms with E-state index in [1.54, 1.807) is 0 Å². The summed E-state index contributed by atoms with van der Waals surface area (Å²) in [6.07, 6.45) is 0. The zero-order valence-corrected chi connectivity index (χ0v) is 43.1. The third kappa shape index (κ3) is 5.85. The molecule has 76 heavy (non-hydrogen) atoms. The molecule has 0 atom stereocenters. The van der Waals surface area contributed by atoms with E-state index in [2.05, 4.69) is 270 Å². The van der Waals surface area contributed by atoms with Crippen LogP contribution in [-0.4, -0.2) is 0 Å². The first-order chi connectivity index (χ1) is 37.3. The molecule has 14 aromatic carbocycles. The summed E-state index contributed by atoms with van der Waals surface area (Å²) in [5, 5.41) is 17.7. The first-order valence-electron chi connectivity index (χ1n) is 27.0. The molecule has 0 saturated carbocycles. The van der Waals surface area contributed by atoms with E-state index in [9.17, 15) is 0 Å². The van der Waals surface area contributed by atoms with Gasteiger partial charge in [0.1, 0.15) is 0 Å². The van der Waals surface area contributed by atoms with Gasteiger partial charge in [0, 0.05) is 10.8 Å². The SMILES string of the molecule is CC1(C)c2ccccc2-c2ccc(-c3c4ccccc4c(-c4cc5cc(-c6c7ccccc7c(-c7ccc8c(c7)C(C)(C)c7ccccc7-8)c7ccccc67)c6ccccc6c5c5ccccc45)c4ccccc34)cc21.